The van der Waals surface area contributed by atoms with Crippen molar-refractivity contribution in [1.82, 2.24) is 9.97 Å². The van der Waals surface area contributed by atoms with Gasteiger partial charge in [0.25, 0.3) is 5.56 Å². The zero-order valence-corrected chi connectivity index (χ0v) is 16.5. The van der Waals surface area contributed by atoms with Crippen LogP contribution >= 0.6 is 11.8 Å². The van der Waals surface area contributed by atoms with E-state index in [1.807, 2.05) is 26.0 Å². The quantitative estimate of drug-likeness (QED) is 0.389. The molecular formula is C20H27N3O2S. The summed E-state index contributed by atoms with van der Waals surface area (Å²) in [5.41, 5.74) is 2.62. The fraction of sp³-hybridized carbons (Fsp3) is 0.450. The Labute approximate surface area is 159 Å². The number of H-pyrrole nitrogens is 1. The number of hydrogen-bond donors (Lipinski definition) is 2. The van der Waals surface area contributed by atoms with Crippen LogP contribution in [0.4, 0.5) is 5.69 Å². The maximum atomic E-state index is 12.1. The molecule has 26 heavy (non-hydrogen) atoms. The number of unbranched alkanes of at least 4 members (excludes halogenated alkanes) is 2. The smallest absolute Gasteiger partial charge is 0.251 e. The number of anilines is 1. The van der Waals surface area contributed by atoms with Gasteiger partial charge >= 0.3 is 0 Å². The van der Waals surface area contributed by atoms with Gasteiger partial charge in [0.1, 0.15) is 0 Å². The van der Waals surface area contributed by atoms with E-state index in [0.717, 1.165) is 17.8 Å². The molecule has 0 aliphatic heterocycles. The molecule has 140 valence electrons. The Bertz CT molecular complexity index is 769. The summed E-state index contributed by atoms with van der Waals surface area (Å²) in [7, 11) is 0. The Kier molecular flexibility index (Phi) is 7.91. The molecule has 2 aromatic rings. The summed E-state index contributed by atoms with van der Waals surface area (Å²) in [4.78, 5) is 30.9. The second kappa shape index (κ2) is 10.2. The average molecular weight is 374 g/mol. The van der Waals surface area contributed by atoms with E-state index >= 15 is 0 Å². The van der Waals surface area contributed by atoms with Crippen LogP contribution < -0.4 is 10.9 Å². The first kappa shape index (κ1) is 20.2. The van der Waals surface area contributed by atoms with Crippen molar-refractivity contribution >= 4 is 23.4 Å². The van der Waals surface area contributed by atoms with Crippen LogP contribution in [0.3, 0.4) is 0 Å². The van der Waals surface area contributed by atoms with Gasteiger partial charge in [-0.15, -0.1) is 0 Å². The Morgan fingerprint density at radius 3 is 2.62 bits per heavy atom. The van der Waals surface area contributed by atoms with E-state index in [0.29, 0.717) is 5.16 Å². The van der Waals surface area contributed by atoms with Gasteiger partial charge in [-0.05, 0) is 36.5 Å². The summed E-state index contributed by atoms with van der Waals surface area (Å²) < 4.78 is 0. The maximum absolute atomic E-state index is 12.1. The van der Waals surface area contributed by atoms with Crippen LogP contribution in [0.2, 0.25) is 0 Å². The largest absolute Gasteiger partial charge is 0.325 e. The van der Waals surface area contributed by atoms with E-state index in [9.17, 15) is 9.59 Å². The standard InChI is InChI=1S/C20H27N3O2S/c1-4-5-6-7-15-8-10-16(11-9-15)21-19(25)13-26-20-22-17(14(2)3)12-18(24)23-20/h8-12,14H,4-7,13H2,1-3H3,(H,21,25)(H,22,23,24). The number of nitrogens with one attached hydrogen (secondary N) is 2. The van der Waals surface area contributed by atoms with Gasteiger partial charge in [0, 0.05) is 11.8 Å². The third kappa shape index (κ3) is 6.67. The van der Waals surface area contributed by atoms with Crippen LogP contribution in [-0.2, 0) is 11.2 Å². The summed E-state index contributed by atoms with van der Waals surface area (Å²) in [5, 5.41) is 3.35. The molecule has 0 unspecified atom stereocenters. The molecule has 5 nitrogen and oxygen atoms in total. The monoisotopic (exact) mass is 373 g/mol. The number of hydrogen-bond acceptors (Lipinski definition) is 4. The second-order valence-corrected chi connectivity index (χ2v) is 7.59. The highest BCUT2D eigenvalue weighted by molar-refractivity contribution is 7.99. The molecule has 0 aliphatic rings. The molecule has 2 rings (SSSR count). The minimum Gasteiger partial charge on any atom is -0.325 e. The molecule has 1 aromatic heterocycles. The summed E-state index contributed by atoms with van der Waals surface area (Å²) in [6.07, 6.45) is 4.72. The number of carbonyl (C=O) groups excluding carboxylic acids is 1. The van der Waals surface area contributed by atoms with Crippen molar-refractivity contribution in [3.63, 3.8) is 0 Å². The van der Waals surface area contributed by atoms with E-state index < -0.39 is 0 Å². The number of aryl methyl sites for hydroxylation is 1. The van der Waals surface area contributed by atoms with Gasteiger partial charge in [-0.2, -0.15) is 0 Å². The molecule has 0 radical (unpaired) electrons. The van der Waals surface area contributed by atoms with Crippen molar-refractivity contribution in [1.29, 1.82) is 0 Å². The summed E-state index contributed by atoms with van der Waals surface area (Å²) in [6, 6.07) is 9.48. The molecule has 0 saturated carbocycles. The average Bonchev–Trinajstić information content (AvgIpc) is 2.61. The van der Waals surface area contributed by atoms with Crippen molar-refractivity contribution in [2.24, 2.45) is 0 Å². The Balaban J connectivity index is 1.86. The van der Waals surface area contributed by atoms with Gasteiger partial charge in [0.05, 0.1) is 11.4 Å². The topological polar surface area (TPSA) is 74.8 Å². The number of aromatic nitrogens is 2. The number of aromatic amines is 1. The Morgan fingerprint density at radius 1 is 1.23 bits per heavy atom. The lowest BCUT2D eigenvalue weighted by atomic mass is 10.1. The van der Waals surface area contributed by atoms with Crippen molar-refractivity contribution in [3.05, 3.63) is 51.9 Å². The first-order valence-electron chi connectivity index (χ1n) is 9.10. The summed E-state index contributed by atoms with van der Waals surface area (Å²) >= 11 is 1.23. The molecule has 0 aliphatic carbocycles. The number of amides is 1. The fourth-order valence-electron chi connectivity index (χ4n) is 2.48. The van der Waals surface area contributed by atoms with Gasteiger partial charge in [-0.3, -0.25) is 9.59 Å². The van der Waals surface area contributed by atoms with E-state index in [2.05, 4.69) is 34.3 Å². The molecule has 1 aromatic carbocycles. The number of benzene rings is 1. The maximum Gasteiger partial charge on any atom is 0.251 e. The van der Waals surface area contributed by atoms with Gasteiger partial charge < -0.3 is 10.3 Å². The highest BCUT2D eigenvalue weighted by Gasteiger charge is 2.09. The minimum absolute atomic E-state index is 0.119. The SMILES string of the molecule is CCCCCc1ccc(NC(=O)CSc2nc(C(C)C)cc(=O)[nH]2)cc1. The van der Waals surface area contributed by atoms with Gasteiger partial charge in [0.15, 0.2) is 5.16 Å². The number of thioether (sulfide) groups is 1. The molecule has 1 heterocycles. The van der Waals surface area contributed by atoms with Crippen molar-refractivity contribution in [2.45, 2.75) is 57.5 Å². The lowest BCUT2D eigenvalue weighted by Crippen LogP contribution is -2.16. The number of nitrogens with zero attached hydrogens (tertiary/aromatic N) is 1. The molecule has 0 atom stereocenters. The molecule has 6 heteroatoms. The first-order chi connectivity index (χ1) is 12.5. The highest BCUT2D eigenvalue weighted by Crippen LogP contribution is 2.17. The minimum atomic E-state index is -0.190. The van der Waals surface area contributed by atoms with Crippen molar-refractivity contribution < 1.29 is 4.79 Å². The normalized spacial score (nSPS) is 10.9. The fourth-order valence-corrected chi connectivity index (χ4v) is 3.16. The molecule has 0 bridgehead atoms. The zero-order valence-electron chi connectivity index (χ0n) is 15.7. The molecular weight excluding hydrogens is 346 g/mol. The number of rotatable bonds is 9. The van der Waals surface area contributed by atoms with Crippen LogP contribution in [0.5, 0.6) is 0 Å². The van der Waals surface area contributed by atoms with Gasteiger partial charge in [0.2, 0.25) is 5.91 Å². The van der Waals surface area contributed by atoms with Crippen LogP contribution in [0.15, 0.2) is 40.3 Å². The van der Waals surface area contributed by atoms with Crippen molar-refractivity contribution in [2.75, 3.05) is 11.1 Å². The van der Waals surface area contributed by atoms with E-state index in [1.54, 1.807) is 0 Å². The Morgan fingerprint density at radius 2 is 1.96 bits per heavy atom. The summed E-state index contributed by atoms with van der Waals surface area (Å²) in [5.74, 6) is 0.246. The summed E-state index contributed by atoms with van der Waals surface area (Å²) in [6.45, 7) is 6.16. The van der Waals surface area contributed by atoms with E-state index in [4.69, 9.17) is 0 Å². The van der Waals surface area contributed by atoms with Crippen LogP contribution in [0.1, 0.15) is 57.2 Å². The second-order valence-electron chi connectivity index (χ2n) is 6.62. The molecule has 0 fully saturated rings. The first-order valence-corrected chi connectivity index (χ1v) is 10.1. The predicted molar refractivity (Wildman–Crippen MR) is 108 cm³/mol. The van der Waals surface area contributed by atoms with Crippen LogP contribution in [0.25, 0.3) is 0 Å². The lowest BCUT2D eigenvalue weighted by Gasteiger charge is -2.08. The number of carbonyl (C=O) groups is 1. The molecule has 2 N–H and O–H groups in total. The predicted octanol–water partition coefficient (Wildman–Crippen LogP) is 4.36. The van der Waals surface area contributed by atoms with Crippen LogP contribution in [0, 0.1) is 0 Å². The third-order valence-electron chi connectivity index (χ3n) is 3.98. The van der Waals surface area contributed by atoms with E-state index in [1.165, 1.54) is 42.7 Å². The van der Waals surface area contributed by atoms with Crippen LogP contribution in [-0.4, -0.2) is 21.6 Å². The van der Waals surface area contributed by atoms with Crippen molar-refractivity contribution in [3.8, 4) is 0 Å². The van der Waals surface area contributed by atoms with E-state index in [-0.39, 0.29) is 23.1 Å². The molecule has 1 amide bonds. The molecule has 0 saturated heterocycles. The Hall–Kier alpha value is -2.08. The van der Waals surface area contributed by atoms with Gasteiger partial charge in [-0.1, -0.05) is 57.5 Å². The zero-order chi connectivity index (χ0) is 18.9. The third-order valence-corrected chi connectivity index (χ3v) is 4.85. The highest BCUT2D eigenvalue weighted by atomic mass is 32.2. The van der Waals surface area contributed by atoms with Gasteiger partial charge in [-0.25, -0.2) is 4.98 Å². The lowest BCUT2D eigenvalue weighted by molar-refractivity contribution is -0.113. The molecule has 0 spiro atoms.